The summed E-state index contributed by atoms with van der Waals surface area (Å²) in [4.78, 5) is 15.6. The molecule has 2 atom stereocenters. The van der Waals surface area contributed by atoms with Crippen molar-refractivity contribution in [3.05, 3.63) is 30.3 Å². The molecule has 1 aliphatic rings. The Balaban J connectivity index is 0.00000220. The van der Waals surface area contributed by atoms with Crippen molar-refractivity contribution in [1.82, 2.24) is 4.90 Å². The molecule has 0 aliphatic carbocycles. The van der Waals surface area contributed by atoms with Crippen molar-refractivity contribution < 1.29 is 4.79 Å². The van der Waals surface area contributed by atoms with E-state index in [1.54, 1.807) is 11.8 Å². The van der Waals surface area contributed by atoms with Crippen molar-refractivity contribution >= 4 is 30.1 Å². The average Bonchev–Trinajstić information content (AvgIpc) is 2.48. The number of nitrogens with zero attached hydrogens (tertiary/aromatic N) is 1. The molecule has 1 amide bonds. The number of benzene rings is 1. The van der Waals surface area contributed by atoms with E-state index in [1.807, 2.05) is 23.1 Å². The van der Waals surface area contributed by atoms with Crippen LogP contribution in [-0.4, -0.2) is 35.7 Å². The lowest BCUT2D eigenvalue weighted by molar-refractivity contribution is -0.134. The summed E-state index contributed by atoms with van der Waals surface area (Å²) < 4.78 is 0. The maximum atomic E-state index is 12.3. The van der Waals surface area contributed by atoms with Gasteiger partial charge in [-0.25, -0.2) is 0 Å². The van der Waals surface area contributed by atoms with E-state index in [0.29, 0.717) is 18.9 Å². The van der Waals surface area contributed by atoms with Crippen LogP contribution in [0, 0.1) is 5.92 Å². The predicted molar refractivity (Wildman–Crippen MR) is 92.0 cm³/mol. The minimum absolute atomic E-state index is 0. The number of hydrogen-bond donors (Lipinski definition) is 1. The Hall–Kier alpha value is -0.710. The molecule has 1 saturated heterocycles. The number of nitrogens with two attached hydrogens (primary N) is 1. The Morgan fingerprint density at radius 2 is 2.10 bits per heavy atom. The van der Waals surface area contributed by atoms with Crippen molar-refractivity contribution in [1.29, 1.82) is 0 Å². The molecular formula is C16H25ClN2OS. The third-order valence-electron chi connectivity index (χ3n) is 3.90. The summed E-state index contributed by atoms with van der Waals surface area (Å²) in [5.74, 6) is 1.79. The van der Waals surface area contributed by atoms with E-state index in [9.17, 15) is 4.79 Å². The molecule has 0 bridgehead atoms. The molecule has 0 saturated carbocycles. The van der Waals surface area contributed by atoms with Gasteiger partial charge in [0.15, 0.2) is 0 Å². The Kier molecular flexibility index (Phi) is 8.15. The number of thioether (sulfide) groups is 1. The first-order chi connectivity index (χ1) is 9.70. The highest BCUT2D eigenvalue weighted by Gasteiger charge is 2.28. The Bertz CT molecular complexity index is 430. The summed E-state index contributed by atoms with van der Waals surface area (Å²) in [5, 5.41) is 0. The van der Waals surface area contributed by atoms with Crippen molar-refractivity contribution in [3.8, 4) is 0 Å². The summed E-state index contributed by atoms with van der Waals surface area (Å²) in [6.45, 7) is 3.70. The number of carbonyl (C=O) groups is 1. The molecular weight excluding hydrogens is 304 g/mol. The molecule has 21 heavy (non-hydrogen) atoms. The zero-order chi connectivity index (χ0) is 14.4. The molecule has 1 fully saturated rings. The van der Waals surface area contributed by atoms with Crippen molar-refractivity contribution in [2.45, 2.75) is 37.1 Å². The molecule has 0 radical (unpaired) electrons. The molecule has 1 heterocycles. The molecule has 2 rings (SSSR count). The van der Waals surface area contributed by atoms with Crippen LogP contribution >= 0.6 is 24.2 Å². The number of likely N-dealkylation sites (tertiary alicyclic amines) is 1. The molecule has 0 aromatic heterocycles. The standard InChI is InChI=1S/C16H24N2OS.ClH/c1-13-7-9-18(14(11-13)12-17)16(19)8-10-20-15-5-3-2-4-6-15;/h2-6,13-14H,7-12,17H2,1H3;1H. The first-order valence-corrected chi connectivity index (χ1v) is 8.36. The number of carbonyl (C=O) groups excluding carboxylic acids is 1. The highest BCUT2D eigenvalue weighted by molar-refractivity contribution is 7.99. The van der Waals surface area contributed by atoms with Crippen molar-refractivity contribution in [2.24, 2.45) is 11.7 Å². The predicted octanol–water partition coefficient (Wildman–Crippen LogP) is 3.18. The van der Waals surface area contributed by atoms with Crippen LogP contribution < -0.4 is 5.73 Å². The Morgan fingerprint density at radius 1 is 1.38 bits per heavy atom. The van der Waals surface area contributed by atoms with Crippen LogP contribution in [0.4, 0.5) is 0 Å². The SMILES string of the molecule is CC1CCN(C(=O)CCSc2ccccc2)C(CN)C1.Cl. The molecule has 2 unspecified atom stereocenters. The van der Waals surface area contributed by atoms with Gasteiger partial charge in [0.05, 0.1) is 0 Å². The number of halogens is 1. The molecule has 1 aliphatic heterocycles. The number of amides is 1. The molecule has 3 nitrogen and oxygen atoms in total. The quantitative estimate of drug-likeness (QED) is 0.844. The van der Waals surface area contributed by atoms with E-state index in [-0.39, 0.29) is 24.4 Å². The van der Waals surface area contributed by atoms with Gasteiger partial charge in [-0.2, -0.15) is 0 Å². The van der Waals surface area contributed by atoms with Crippen LogP contribution in [0.5, 0.6) is 0 Å². The fraction of sp³-hybridized carbons (Fsp3) is 0.562. The van der Waals surface area contributed by atoms with Crippen LogP contribution in [0.2, 0.25) is 0 Å². The fourth-order valence-electron chi connectivity index (χ4n) is 2.72. The number of hydrogen-bond acceptors (Lipinski definition) is 3. The van der Waals surface area contributed by atoms with E-state index in [1.165, 1.54) is 4.90 Å². The Labute approximate surface area is 138 Å². The normalized spacial score (nSPS) is 21.7. The second-order valence-electron chi connectivity index (χ2n) is 5.52. The summed E-state index contributed by atoms with van der Waals surface area (Å²) in [6.07, 6.45) is 2.76. The second-order valence-corrected chi connectivity index (χ2v) is 6.69. The molecule has 1 aromatic rings. The molecule has 2 N–H and O–H groups in total. The monoisotopic (exact) mass is 328 g/mol. The number of piperidine rings is 1. The van der Waals surface area contributed by atoms with Gasteiger partial charge in [0.25, 0.3) is 0 Å². The van der Waals surface area contributed by atoms with Crippen molar-refractivity contribution in [3.63, 3.8) is 0 Å². The van der Waals surface area contributed by atoms with Gasteiger partial charge in [-0.15, -0.1) is 24.2 Å². The highest BCUT2D eigenvalue weighted by atomic mass is 35.5. The van der Waals surface area contributed by atoms with Crippen LogP contribution in [0.15, 0.2) is 35.2 Å². The summed E-state index contributed by atoms with van der Waals surface area (Å²) in [7, 11) is 0. The molecule has 5 heteroatoms. The van der Waals surface area contributed by atoms with E-state index in [2.05, 4.69) is 19.1 Å². The lowest BCUT2D eigenvalue weighted by atomic mass is 9.92. The van der Waals surface area contributed by atoms with E-state index in [4.69, 9.17) is 5.73 Å². The van der Waals surface area contributed by atoms with Crippen LogP contribution in [0.25, 0.3) is 0 Å². The third kappa shape index (κ3) is 5.53. The zero-order valence-corrected chi connectivity index (χ0v) is 14.2. The minimum Gasteiger partial charge on any atom is -0.338 e. The fourth-order valence-corrected chi connectivity index (χ4v) is 3.58. The summed E-state index contributed by atoms with van der Waals surface area (Å²) in [5.41, 5.74) is 5.81. The van der Waals surface area contributed by atoms with E-state index < -0.39 is 0 Å². The summed E-state index contributed by atoms with van der Waals surface area (Å²) in [6, 6.07) is 10.5. The van der Waals surface area contributed by atoms with Crippen molar-refractivity contribution in [2.75, 3.05) is 18.8 Å². The third-order valence-corrected chi connectivity index (χ3v) is 4.91. The van der Waals surface area contributed by atoms with Gasteiger partial charge in [0.1, 0.15) is 0 Å². The average molecular weight is 329 g/mol. The van der Waals surface area contributed by atoms with Crippen LogP contribution in [0.3, 0.4) is 0 Å². The summed E-state index contributed by atoms with van der Waals surface area (Å²) >= 11 is 1.74. The van der Waals surface area contributed by atoms with Gasteiger partial charge in [-0.3, -0.25) is 4.79 Å². The molecule has 0 spiro atoms. The Morgan fingerprint density at radius 3 is 2.76 bits per heavy atom. The van der Waals surface area contributed by atoms with Gasteiger partial charge >= 0.3 is 0 Å². The van der Waals surface area contributed by atoms with Gasteiger partial charge in [-0.05, 0) is 30.9 Å². The zero-order valence-electron chi connectivity index (χ0n) is 12.5. The highest BCUT2D eigenvalue weighted by Crippen LogP contribution is 2.24. The van der Waals surface area contributed by atoms with Crippen LogP contribution in [0.1, 0.15) is 26.2 Å². The largest absolute Gasteiger partial charge is 0.338 e. The first kappa shape index (κ1) is 18.3. The van der Waals surface area contributed by atoms with Gasteiger partial charge < -0.3 is 10.6 Å². The topological polar surface area (TPSA) is 46.3 Å². The lowest BCUT2D eigenvalue weighted by Gasteiger charge is -2.38. The van der Waals surface area contributed by atoms with Crippen LogP contribution in [-0.2, 0) is 4.79 Å². The minimum atomic E-state index is 0. The van der Waals surface area contributed by atoms with Gasteiger partial charge in [0.2, 0.25) is 5.91 Å². The second kappa shape index (κ2) is 9.34. The lowest BCUT2D eigenvalue weighted by Crippen LogP contribution is -2.49. The van der Waals surface area contributed by atoms with Gasteiger partial charge in [0, 0.05) is 36.2 Å². The molecule has 1 aromatic carbocycles. The van der Waals surface area contributed by atoms with E-state index in [0.717, 1.165) is 25.1 Å². The van der Waals surface area contributed by atoms with Gasteiger partial charge in [-0.1, -0.05) is 25.1 Å². The first-order valence-electron chi connectivity index (χ1n) is 7.38. The van der Waals surface area contributed by atoms with E-state index >= 15 is 0 Å². The maximum Gasteiger partial charge on any atom is 0.223 e. The molecule has 118 valence electrons. The number of rotatable bonds is 5. The maximum absolute atomic E-state index is 12.3. The smallest absolute Gasteiger partial charge is 0.223 e.